The van der Waals surface area contributed by atoms with Crippen LogP contribution in [0.5, 0.6) is 0 Å². The molecule has 0 N–H and O–H groups in total. The molecule has 1 heterocycles. The molecule has 0 saturated heterocycles. The Morgan fingerprint density at radius 2 is 0.656 bits per heavy atom. The predicted octanol–water partition coefficient (Wildman–Crippen LogP) is 8.38. The fraction of sp³-hybridized carbons (Fsp3) is 0.0167. The van der Waals surface area contributed by atoms with E-state index in [0.29, 0.717) is 0 Å². The molecule has 0 fully saturated rings. The van der Waals surface area contributed by atoms with Crippen molar-refractivity contribution in [2.24, 2.45) is 0 Å². The second-order valence-electron chi connectivity index (χ2n) is 16.9. The van der Waals surface area contributed by atoms with Crippen LogP contribution in [-0.4, -0.2) is 27.3 Å². The maximum atomic E-state index is 5.28. The Kier molecular flexibility index (Phi) is 10.4. The zero-order chi connectivity index (χ0) is 42.8. The quantitative estimate of drug-likeness (QED) is 0.0942. The summed E-state index contributed by atoms with van der Waals surface area (Å²) in [4.78, 5) is 5.28. The Hall–Kier alpha value is -7.22. The monoisotopic (exact) mass is 865 g/mol. The number of pyridine rings is 1. The van der Waals surface area contributed by atoms with Gasteiger partial charge in [-0.3, -0.25) is 4.98 Å². The van der Waals surface area contributed by atoms with Crippen LogP contribution < -0.4 is 41.5 Å². The van der Waals surface area contributed by atoms with Crippen molar-refractivity contribution in [3.05, 3.63) is 284 Å². The van der Waals surface area contributed by atoms with E-state index in [2.05, 4.69) is 267 Å². The third kappa shape index (κ3) is 6.05. The first-order valence-electron chi connectivity index (χ1n) is 22.3. The van der Waals surface area contributed by atoms with Gasteiger partial charge >= 0.3 is 0 Å². The van der Waals surface area contributed by atoms with E-state index in [1.54, 1.807) is 0 Å². The Morgan fingerprint density at radius 1 is 0.297 bits per heavy atom. The fourth-order valence-electron chi connectivity index (χ4n) is 11.6. The van der Waals surface area contributed by atoms with Gasteiger partial charge in [0, 0.05) is 18.2 Å². The first-order valence-corrected chi connectivity index (χ1v) is 30.3. The molecule has 0 unspecified atom stereocenters. The summed E-state index contributed by atoms with van der Waals surface area (Å²) in [6, 6.07) is 103. The maximum absolute atomic E-state index is 5.28. The van der Waals surface area contributed by atoms with Gasteiger partial charge < -0.3 is 0 Å². The fourth-order valence-corrected chi connectivity index (χ4v) is 56.9. The number of aromatic nitrogens is 1. The summed E-state index contributed by atoms with van der Waals surface area (Å²) in [6.45, 7) is 0. The molecular weight excluding hydrogens is 819 g/mol. The third-order valence-electron chi connectivity index (χ3n) is 13.9. The molecule has 1 aromatic heterocycles. The molecule has 0 aliphatic heterocycles. The van der Waals surface area contributed by atoms with Crippen molar-refractivity contribution in [2.45, 2.75) is 6.42 Å². The lowest BCUT2D eigenvalue weighted by Gasteiger charge is -2.59. The lowest BCUT2D eigenvalue weighted by atomic mass is 10.0. The number of hydrogen-bond donors (Lipinski definition) is 0. The van der Waals surface area contributed by atoms with Gasteiger partial charge in [-0.1, -0.05) is 302 Å². The molecule has 0 bridgehead atoms. The van der Waals surface area contributed by atoms with Crippen LogP contribution in [0.25, 0.3) is 22.4 Å². The smallest absolute Gasteiger partial charge is 0.148 e. The number of fused-ring (bicyclic) bond motifs is 3. The van der Waals surface area contributed by atoms with Gasteiger partial charge in [0.25, 0.3) is 0 Å². The summed E-state index contributed by atoms with van der Waals surface area (Å²) in [7, 11) is -10.3. The minimum atomic E-state index is -3.49. The minimum absolute atomic E-state index is 0.873. The Bertz CT molecular complexity index is 2990. The van der Waals surface area contributed by atoms with Gasteiger partial charge in [0.05, 0.1) is 5.69 Å². The van der Waals surface area contributed by atoms with Crippen LogP contribution in [0.1, 0.15) is 11.1 Å². The van der Waals surface area contributed by atoms with Crippen molar-refractivity contribution < 1.29 is 0 Å². The highest BCUT2D eigenvalue weighted by atomic mass is 29.6. The van der Waals surface area contributed by atoms with Gasteiger partial charge in [-0.2, -0.15) is 0 Å². The molecule has 1 aliphatic rings. The lowest BCUT2D eigenvalue weighted by Crippen LogP contribution is -3.04. The highest BCUT2D eigenvalue weighted by Gasteiger charge is 2.72. The average molecular weight is 866 g/mol. The summed E-state index contributed by atoms with van der Waals surface area (Å²) >= 11 is 0. The normalized spacial score (nSPS) is 12.3. The minimum Gasteiger partial charge on any atom is -0.256 e. The van der Waals surface area contributed by atoms with E-state index in [1.807, 2.05) is 6.20 Å². The number of benzene rings is 9. The van der Waals surface area contributed by atoms with Crippen LogP contribution in [0.15, 0.2) is 273 Å². The molecule has 64 heavy (non-hydrogen) atoms. The van der Waals surface area contributed by atoms with Crippen molar-refractivity contribution in [1.82, 2.24) is 4.98 Å². The van der Waals surface area contributed by atoms with E-state index in [1.165, 1.54) is 69.3 Å². The van der Waals surface area contributed by atoms with Crippen molar-refractivity contribution in [3.63, 3.8) is 0 Å². The van der Waals surface area contributed by atoms with Crippen LogP contribution in [0.3, 0.4) is 0 Å². The topological polar surface area (TPSA) is 12.9 Å². The summed E-state index contributed by atoms with van der Waals surface area (Å²) in [5.41, 5.74) is 7.53. The summed E-state index contributed by atoms with van der Waals surface area (Å²) in [5, 5.41) is 11.4. The van der Waals surface area contributed by atoms with Crippen LogP contribution in [-0.2, 0) is 6.42 Å². The van der Waals surface area contributed by atoms with Gasteiger partial charge in [0.15, 0.2) is 0 Å². The van der Waals surface area contributed by atoms with Crippen LogP contribution in [0, 0.1) is 0 Å². The van der Waals surface area contributed by atoms with Gasteiger partial charge in [-0.15, -0.1) is 0 Å². The molecule has 10 aromatic rings. The molecule has 0 radical (unpaired) electrons. The van der Waals surface area contributed by atoms with Gasteiger partial charge in [-0.25, -0.2) is 0 Å². The Balaban J connectivity index is 1.40. The molecule has 0 spiro atoms. The first kappa shape index (κ1) is 39.6. The molecule has 11 rings (SSSR count). The highest BCUT2D eigenvalue weighted by Crippen LogP contribution is 2.41. The summed E-state index contributed by atoms with van der Waals surface area (Å²) in [6.07, 6.45) is 2.89. The number of rotatable bonds is 11. The van der Waals surface area contributed by atoms with E-state index in [-0.39, 0.29) is 0 Å². The molecule has 0 saturated carbocycles. The summed E-state index contributed by atoms with van der Waals surface area (Å²) < 4.78 is 0. The SMILES string of the molecule is c1ccc([Si](c2ccccc2)(c2ccccc2)[Si](c2ccccc2)(c2ccccc2)[Si](c2ccccc2)(c2ccccc2)c2cccc(-c3nccc4c3Cc3ccccc3-4)c2)cc1. The predicted molar refractivity (Wildman–Crippen MR) is 277 cm³/mol. The number of hydrogen-bond acceptors (Lipinski definition) is 1. The standard InChI is InChI=1S/C60H47NSi3/c1-8-27-49(28-9-1)62(50-29-10-2-11-30-50,51-31-12-3-13-32-51)64(54-37-18-6-19-38-54,55-39-20-7-21-40-55)63(52-33-14-4-15-34-52,53-35-16-5-17-36-53)56-41-24-26-48(45-56)60-59-46-47-25-22-23-42-57(47)58(59)43-44-61-60/h1-45H,46H2. The molecule has 304 valence electrons. The highest BCUT2D eigenvalue weighted by molar-refractivity contribution is 7.89. The molecule has 0 amide bonds. The van der Waals surface area contributed by atoms with Crippen LogP contribution in [0.4, 0.5) is 0 Å². The van der Waals surface area contributed by atoms with Crippen LogP contribution in [0.2, 0.25) is 0 Å². The van der Waals surface area contributed by atoms with E-state index in [9.17, 15) is 0 Å². The van der Waals surface area contributed by atoms with E-state index in [0.717, 1.165) is 12.1 Å². The molecule has 1 aliphatic carbocycles. The van der Waals surface area contributed by atoms with Gasteiger partial charge in [0.1, 0.15) is 22.3 Å². The maximum Gasteiger partial charge on any atom is 0.148 e. The zero-order valence-electron chi connectivity index (χ0n) is 35.6. The average Bonchev–Trinajstić information content (AvgIpc) is 3.78. The van der Waals surface area contributed by atoms with Crippen molar-refractivity contribution >= 4 is 63.8 Å². The van der Waals surface area contributed by atoms with Crippen molar-refractivity contribution in [1.29, 1.82) is 0 Å². The Labute approximate surface area is 379 Å². The lowest BCUT2D eigenvalue weighted by molar-refractivity contribution is 1.20. The second kappa shape index (κ2) is 16.8. The second-order valence-corrected chi connectivity index (χ2v) is 36.5. The molecule has 9 aromatic carbocycles. The van der Waals surface area contributed by atoms with Gasteiger partial charge in [0.2, 0.25) is 0 Å². The Morgan fingerprint density at radius 3 is 1.09 bits per heavy atom. The van der Waals surface area contributed by atoms with Crippen LogP contribution >= 0.6 is 0 Å². The summed E-state index contributed by atoms with van der Waals surface area (Å²) in [5.74, 6) is 0. The van der Waals surface area contributed by atoms with Crippen molar-refractivity contribution in [2.75, 3.05) is 0 Å². The molecular formula is C60H47NSi3. The van der Waals surface area contributed by atoms with E-state index < -0.39 is 22.3 Å². The molecule has 4 heteroatoms. The van der Waals surface area contributed by atoms with Gasteiger partial charge in [-0.05, 0) is 28.3 Å². The molecule has 1 nitrogen and oxygen atoms in total. The van der Waals surface area contributed by atoms with Crippen molar-refractivity contribution in [3.8, 4) is 22.4 Å². The zero-order valence-corrected chi connectivity index (χ0v) is 38.6. The third-order valence-corrected chi connectivity index (χ3v) is 47.9. The number of nitrogens with zero attached hydrogens (tertiary/aromatic N) is 1. The molecule has 0 atom stereocenters. The first-order chi connectivity index (χ1) is 31.8. The van der Waals surface area contributed by atoms with E-state index in [4.69, 9.17) is 4.98 Å². The largest absolute Gasteiger partial charge is 0.256 e. The van der Waals surface area contributed by atoms with E-state index >= 15 is 0 Å².